The van der Waals surface area contributed by atoms with Crippen LogP contribution in [0.4, 0.5) is 4.79 Å². The van der Waals surface area contributed by atoms with Crippen molar-refractivity contribution in [3.8, 4) is 17.2 Å². The molecule has 10 nitrogen and oxygen atoms in total. The van der Waals surface area contributed by atoms with Gasteiger partial charge in [-0.05, 0) is 76.1 Å². The molecule has 2 aliphatic rings. The lowest BCUT2D eigenvalue weighted by atomic mass is 9.95. The number of pyridine rings is 1. The van der Waals surface area contributed by atoms with Gasteiger partial charge < -0.3 is 30.0 Å². The second kappa shape index (κ2) is 11.4. The largest absolute Gasteiger partial charge is 0.505 e. The highest BCUT2D eigenvalue weighted by molar-refractivity contribution is 6.35. The number of hydrogen-bond acceptors (Lipinski definition) is 8. The Morgan fingerprint density at radius 3 is 2.83 bits per heavy atom. The molecule has 0 spiro atoms. The van der Waals surface area contributed by atoms with Crippen LogP contribution in [0.3, 0.4) is 0 Å². The number of amides is 2. The number of aromatic hydroxyl groups is 1. The third-order valence-corrected chi connectivity index (χ3v) is 7.10. The van der Waals surface area contributed by atoms with E-state index in [2.05, 4.69) is 15.6 Å². The minimum atomic E-state index is -0.744. The van der Waals surface area contributed by atoms with Gasteiger partial charge in [-0.15, -0.1) is 0 Å². The summed E-state index contributed by atoms with van der Waals surface area (Å²) in [6.45, 7) is 6.89. The molecule has 0 radical (unpaired) electrons. The van der Waals surface area contributed by atoms with Gasteiger partial charge in [-0.3, -0.25) is 14.7 Å². The first-order valence-corrected chi connectivity index (χ1v) is 13.6. The third-order valence-electron chi connectivity index (χ3n) is 6.78. The fourth-order valence-corrected chi connectivity index (χ4v) is 5.33. The van der Waals surface area contributed by atoms with Crippen LogP contribution < -0.4 is 20.1 Å². The molecule has 2 aliphatic heterocycles. The number of fused-ring (bicyclic) bond motifs is 2. The minimum Gasteiger partial charge on any atom is -0.505 e. The van der Waals surface area contributed by atoms with Crippen LogP contribution in [0.25, 0.3) is 10.9 Å². The zero-order chi connectivity index (χ0) is 28.4. The molecule has 2 amide bonds. The van der Waals surface area contributed by atoms with Crippen LogP contribution in [0.5, 0.6) is 17.2 Å². The van der Waals surface area contributed by atoms with Crippen molar-refractivity contribution in [2.75, 3.05) is 26.4 Å². The van der Waals surface area contributed by atoms with E-state index in [0.29, 0.717) is 51.6 Å². The molecule has 0 saturated carbocycles. The number of phenolic OH excluding ortho intramolecular Hbond substituents is 1. The van der Waals surface area contributed by atoms with E-state index < -0.39 is 17.7 Å². The van der Waals surface area contributed by atoms with E-state index in [1.165, 1.54) is 0 Å². The normalized spacial score (nSPS) is 17.9. The topological polar surface area (TPSA) is 122 Å². The number of aromatic nitrogens is 1. The van der Waals surface area contributed by atoms with E-state index >= 15 is 0 Å². The van der Waals surface area contributed by atoms with Crippen molar-refractivity contribution < 1.29 is 28.9 Å². The molecule has 2 atom stereocenters. The Morgan fingerprint density at radius 2 is 2.02 bits per heavy atom. The fraction of sp³-hybridized carbons (Fsp3) is 0.414. The van der Waals surface area contributed by atoms with Crippen molar-refractivity contribution in [1.82, 2.24) is 20.5 Å². The van der Waals surface area contributed by atoms with Crippen molar-refractivity contribution in [3.63, 3.8) is 0 Å². The van der Waals surface area contributed by atoms with Gasteiger partial charge in [-0.2, -0.15) is 0 Å². The smallest absolute Gasteiger partial charge is 0.407 e. The van der Waals surface area contributed by atoms with Crippen LogP contribution in [0.15, 0.2) is 42.6 Å². The monoisotopic (exact) mass is 568 g/mol. The quantitative estimate of drug-likeness (QED) is 0.397. The molecule has 1 fully saturated rings. The van der Waals surface area contributed by atoms with Gasteiger partial charge >= 0.3 is 6.09 Å². The second-order valence-corrected chi connectivity index (χ2v) is 11.4. The predicted molar refractivity (Wildman–Crippen MR) is 150 cm³/mol. The van der Waals surface area contributed by atoms with E-state index in [9.17, 15) is 14.7 Å². The molecule has 3 aromatic rings. The van der Waals surface area contributed by atoms with Gasteiger partial charge in [0.25, 0.3) is 0 Å². The summed E-state index contributed by atoms with van der Waals surface area (Å²) in [5, 5.41) is 18.2. The van der Waals surface area contributed by atoms with Crippen LogP contribution in [0, 0.1) is 0 Å². The number of piperidine rings is 1. The van der Waals surface area contributed by atoms with Gasteiger partial charge in [0.15, 0.2) is 11.5 Å². The van der Waals surface area contributed by atoms with E-state index in [4.69, 9.17) is 25.8 Å². The molecule has 40 heavy (non-hydrogen) atoms. The molecule has 5 rings (SSSR count). The molecule has 212 valence electrons. The molecule has 0 bridgehead atoms. The number of rotatable bonds is 6. The maximum Gasteiger partial charge on any atom is 0.407 e. The molecular formula is C29H33ClN4O6. The standard InChI is InChI=1S/C29H33ClN4O6/c1-29(2,3)40-28(37)32-18-6-5-11-34(14-18)15-24(35)33-25(17-8-9-22-23(12-17)39-16-38-22)20-13-21(30)19-7-4-10-31-26(19)27(20)36/h4,7-10,12-13,18,25,36H,5-6,11,14-16H2,1-3H3,(H,32,37)(H,33,35). The molecule has 3 heterocycles. The van der Waals surface area contributed by atoms with Crippen molar-refractivity contribution in [2.45, 2.75) is 51.3 Å². The summed E-state index contributed by atoms with van der Waals surface area (Å²) < 4.78 is 16.4. The van der Waals surface area contributed by atoms with E-state index in [1.807, 2.05) is 31.7 Å². The predicted octanol–water partition coefficient (Wildman–Crippen LogP) is 4.52. The lowest BCUT2D eigenvalue weighted by Crippen LogP contribution is -2.51. The van der Waals surface area contributed by atoms with Crippen molar-refractivity contribution in [3.05, 3.63) is 58.7 Å². The van der Waals surface area contributed by atoms with Crippen LogP contribution in [0.1, 0.15) is 50.8 Å². The number of benzene rings is 2. The fourth-order valence-electron chi connectivity index (χ4n) is 5.06. The molecule has 11 heteroatoms. The number of likely N-dealkylation sites (tertiary alicyclic amines) is 1. The molecule has 1 saturated heterocycles. The van der Waals surface area contributed by atoms with Gasteiger partial charge in [0.2, 0.25) is 12.7 Å². The Bertz CT molecular complexity index is 1430. The number of nitrogens with one attached hydrogen (secondary N) is 2. The van der Waals surface area contributed by atoms with E-state index in [1.54, 1.807) is 36.5 Å². The summed E-state index contributed by atoms with van der Waals surface area (Å²) in [6.07, 6.45) is 2.73. The van der Waals surface area contributed by atoms with Crippen molar-refractivity contribution >= 4 is 34.5 Å². The van der Waals surface area contributed by atoms with Gasteiger partial charge in [0.05, 0.1) is 17.6 Å². The molecule has 2 aromatic carbocycles. The Morgan fingerprint density at radius 1 is 1.23 bits per heavy atom. The highest BCUT2D eigenvalue weighted by Crippen LogP contribution is 2.41. The van der Waals surface area contributed by atoms with Crippen LogP contribution >= 0.6 is 11.6 Å². The second-order valence-electron chi connectivity index (χ2n) is 11.0. The first-order chi connectivity index (χ1) is 19.1. The molecule has 3 N–H and O–H groups in total. The number of nitrogens with zero attached hydrogens (tertiary/aromatic N) is 2. The van der Waals surface area contributed by atoms with Crippen LogP contribution in [0.2, 0.25) is 5.02 Å². The average Bonchev–Trinajstić information content (AvgIpc) is 3.37. The Balaban J connectivity index is 1.36. The number of alkyl carbamates (subject to hydrolysis) is 1. The van der Waals surface area contributed by atoms with Gasteiger partial charge in [-0.25, -0.2) is 4.79 Å². The lowest BCUT2D eigenvalue weighted by Gasteiger charge is -2.33. The number of hydrogen-bond donors (Lipinski definition) is 3. The van der Waals surface area contributed by atoms with Gasteiger partial charge in [0, 0.05) is 29.7 Å². The first kappa shape index (κ1) is 27.8. The van der Waals surface area contributed by atoms with E-state index in [-0.39, 0.29) is 31.0 Å². The SMILES string of the molecule is CC(C)(C)OC(=O)NC1CCCN(CC(=O)NC(c2ccc3c(c2)OCO3)c2cc(Cl)c3cccnc3c2O)C1. The lowest BCUT2D eigenvalue weighted by molar-refractivity contribution is -0.123. The average molecular weight is 569 g/mol. The number of ether oxygens (including phenoxy) is 3. The Hall–Kier alpha value is -3.76. The minimum absolute atomic E-state index is 0.0671. The Labute approximate surface area is 237 Å². The molecule has 1 aromatic heterocycles. The zero-order valence-corrected chi connectivity index (χ0v) is 23.5. The molecular weight excluding hydrogens is 536 g/mol. The summed E-state index contributed by atoms with van der Waals surface area (Å²) in [4.78, 5) is 32.0. The highest BCUT2D eigenvalue weighted by Gasteiger charge is 2.28. The summed E-state index contributed by atoms with van der Waals surface area (Å²) in [6, 6.07) is 9.67. The number of carbonyl (C=O) groups is 2. The number of phenols is 1. The first-order valence-electron chi connectivity index (χ1n) is 13.2. The van der Waals surface area contributed by atoms with E-state index in [0.717, 1.165) is 12.8 Å². The van der Waals surface area contributed by atoms with Gasteiger partial charge in [-0.1, -0.05) is 17.7 Å². The van der Waals surface area contributed by atoms with Crippen molar-refractivity contribution in [2.24, 2.45) is 0 Å². The number of carbonyl (C=O) groups excluding carboxylic acids is 2. The van der Waals surface area contributed by atoms with Crippen molar-refractivity contribution in [1.29, 1.82) is 0 Å². The third kappa shape index (κ3) is 6.34. The van der Waals surface area contributed by atoms with Crippen LogP contribution in [-0.4, -0.2) is 65.1 Å². The molecule has 0 aliphatic carbocycles. The number of halogens is 1. The summed E-state index contributed by atoms with van der Waals surface area (Å²) >= 11 is 6.59. The Kier molecular flexibility index (Phi) is 7.91. The van der Waals surface area contributed by atoms with Crippen LogP contribution in [-0.2, 0) is 9.53 Å². The van der Waals surface area contributed by atoms with Gasteiger partial charge in [0.1, 0.15) is 16.9 Å². The summed E-state index contributed by atoms with van der Waals surface area (Å²) in [5.74, 6) is 0.834. The maximum atomic E-state index is 13.4. The zero-order valence-electron chi connectivity index (χ0n) is 22.7. The summed E-state index contributed by atoms with van der Waals surface area (Å²) in [5.41, 5.74) is 0.848. The maximum absolute atomic E-state index is 13.4. The highest BCUT2D eigenvalue weighted by atomic mass is 35.5. The summed E-state index contributed by atoms with van der Waals surface area (Å²) in [7, 11) is 0. The molecule has 2 unspecified atom stereocenters.